The highest BCUT2D eigenvalue weighted by atomic mass is 35.5. The highest BCUT2D eigenvalue weighted by Crippen LogP contribution is 2.40. The van der Waals surface area contributed by atoms with E-state index in [1.165, 1.54) is 0 Å². The van der Waals surface area contributed by atoms with Crippen molar-refractivity contribution in [3.63, 3.8) is 0 Å². The molecule has 116 valence electrons. The van der Waals surface area contributed by atoms with E-state index in [9.17, 15) is 4.79 Å². The number of rotatable bonds is 2. The molecular formula is C17H12Cl2N2OS. The van der Waals surface area contributed by atoms with Gasteiger partial charge < -0.3 is 4.90 Å². The number of carbonyl (C=O) groups excluding carboxylic acids is 1. The Bertz CT molecular complexity index is 803. The molecule has 1 fully saturated rings. The first-order valence-corrected chi connectivity index (χ1v) is 8.78. The van der Waals surface area contributed by atoms with Gasteiger partial charge in [0.25, 0.3) is 5.91 Å². The fraction of sp³-hybridized carbons (Fsp3) is 0.176. The van der Waals surface area contributed by atoms with Crippen molar-refractivity contribution in [1.29, 1.82) is 5.26 Å². The van der Waals surface area contributed by atoms with Crippen molar-refractivity contribution >= 4 is 40.9 Å². The number of thioether (sulfide) groups is 1. The van der Waals surface area contributed by atoms with Crippen LogP contribution in [0.2, 0.25) is 10.0 Å². The number of nitriles is 1. The Morgan fingerprint density at radius 3 is 2.78 bits per heavy atom. The lowest BCUT2D eigenvalue weighted by Gasteiger charge is -2.24. The number of benzene rings is 2. The maximum atomic E-state index is 12.8. The molecular weight excluding hydrogens is 351 g/mol. The summed E-state index contributed by atoms with van der Waals surface area (Å²) in [5.41, 5.74) is 1.96. The van der Waals surface area contributed by atoms with Gasteiger partial charge in [-0.3, -0.25) is 4.79 Å². The van der Waals surface area contributed by atoms with Gasteiger partial charge in [-0.15, -0.1) is 11.8 Å². The van der Waals surface area contributed by atoms with E-state index < -0.39 is 0 Å². The number of halogens is 2. The average Bonchev–Trinajstić information content (AvgIpc) is 3.06. The molecule has 3 nitrogen and oxygen atoms in total. The lowest BCUT2D eigenvalue weighted by atomic mass is 10.1. The maximum absolute atomic E-state index is 12.8. The van der Waals surface area contributed by atoms with Crippen molar-refractivity contribution in [2.24, 2.45) is 0 Å². The van der Waals surface area contributed by atoms with Gasteiger partial charge in [0.1, 0.15) is 5.37 Å². The number of amides is 1. The smallest absolute Gasteiger partial charge is 0.255 e. The van der Waals surface area contributed by atoms with Crippen LogP contribution in [0.3, 0.4) is 0 Å². The molecule has 1 atom stereocenters. The Labute approximate surface area is 148 Å². The number of nitrogens with zero attached hydrogens (tertiary/aromatic N) is 2. The molecule has 1 aliphatic rings. The van der Waals surface area contributed by atoms with E-state index in [2.05, 4.69) is 6.07 Å². The van der Waals surface area contributed by atoms with Crippen LogP contribution in [0.25, 0.3) is 0 Å². The summed E-state index contributed by atoms with van der Waals surface area (Å²) in [4.78, 5) is 14.6. The van der Waals surface area contributed by atoms with Crippen molar-refractivity contribution in [1.82, 2.24) is 4.90 Å². The lowest BCUT2D eigenvalue weighted by Crippen LogP contribution is -2.30. The van der Waals surface area contributed by atoms with Gasteiger partial charge >= 0.3 is 0 Å². The summed E-state index contributed by atoms with van der Waals surface area (Å²) in [6.45, 7) is 0.658. The fourth-order valence-electron chi connectivity index (χ4n) is 2.51. The van der Waals surface area contributed by atoms with Crippen LogP contribution < -0.4 is 0 Å². The molecule has 1 amide bonds. The zero-order chi connectivity index (χ0) is 16.4. The Morgan fingerprint density at radius 1 is 1.22 bits per heavy atom. The van der Waals surface area contributed by atoms with Gasteiger partial charge in [-0.1, -0.05) is 35.3 Å². The first-order valence-electron chi connectivity index (χ1n) is 6.98. The van der Waals surface area contributed by atoms with Crippen molar-refractivity contribution in [3.8, 4) is 6.07 Å². The number of carbonyl (C=O) groups is 1. The first kappa shape index (κ1) is 16.2. The van der Waals surface area contributed by atoms with E-state index in [0.717, 1.165) is 11.3 Å². The predicted octanol–water partition coefficient (Wildman–Crippen LogP) is 4.75. The molecule has 2 aromatic carbocycles. The minimum Gasteiger partial charge on any atom is -0.322 e. The van der Waals surface area contributed by atoms with Crippen LogP contribution >= 0.6 is 35.0 Å². The lowest BCUT2D eigenvalue weighted by molar-refractivity contribution is 0.0760. The Balaban J connectivity index is 1.90. The van der Waals surface area contributed by atoms with Crippen molar-refractivity contribution in [2.45, 2.75) is 5.37 Å². The van der Waals surface area contributed by atoms with Gasteiger partial charge in [-0.2, -0.15) is 5.26 Å². The molecule has 0 radical (unpaired) electrons. The molecule has 0 N–H and O–H groups in total. The Morgan fingerprint density at radius 2 is 2.04 bits per heavy atom. The largest absolute Gasteiger partial charge is 0.322 e. The van der Waals surface area contributed by atoms with Crippen LogP contribution in [0, 0.1) is 11.3 Å². The van der Waals surface area contributed by atoms with Gasteiger partial charge in [-0.25, -0.2) is 0 Å². The minimum atomic E-state index is -0.0944. The molecule has 1 aliphatic heterocycles. The SMILES string of the molecule is N#Cc1cccc(C(=O)N2CCS[C@@H]2c2ccc(Cl)c(Cl)c2)c1. The minimum absolute atomic E-state index is 0.0804. The highest BCUT2D eigenvalue weighted by molar-refractivity contribution is 7.99. The highest BCUT2D eigenvalue weighted by Gasteiger charge is 2.31. The second-order valence-electron chi connectivity index (χ2n) is 5.09. The molecule has 0 aromatic heterocycles. The standard InChI is InChI=1S/C17H12Cl2N2OS/c18-14-5-4-13(9-15(14)19)17-21(6-7-23-17)16(22)12-3-1-2-11(8-12)10-20/h1-5,8-9,17H,6-7H2/t17-/m1/s1. The Kier molecular flexibility index (Phi) is 4.82. The summed E-state index contributed by atoms with van der Waals surface area (Å²) in [6.07, 6.45) is 0. The third-order valence-corrected chi connectivity index (χ3v) is 5.62. The summed E-state index contributed by atoms with van der Waals surface area (Å²) in [5, 5.41) is 9.88. The summed E-state index contributed by atoms with van der Waals surface area (Å²) in [6, 6.07) is 14.3. The summed E-state index contributed by atoms with van der Waals surface area (Å²) in [7, 11) is 0. The normalized spacial score (nSPS) is 17.1. The van der Waals surface area contributed by atoms with E-state index in [-0.39, 0.29) is 11.3 Å². The quantitative estimate of drug-likeness (QED) is 0.773. The van der Waals surface area contributed by atoms with Crippen LogP contribution in [0.4, 0.5) is 0 Å². The van der Waals surface area contributed by atoms with Gasteiger partial charge in [-0.05, 0) is 35.9 Å². The van der Waals surface area contributed by atoms with E-state index in [0.29, 0.717) is 27.7 Å². The molecule has 0 unspecified atom stereocenters. The first-order chi connectivity index (χ1) is 11.1. The van der Waals surface area contributed by atoms with E-state index in [1.54, 1.807) is 53.1 Å². The van der Waals surface area contributed by atoms with E-state index in [4.69, 9.17) is 28.5 Å². The molecule has 2 aromatic rings. The third kappa shape index (κ3) is 3.32. The van der Waals surface area contributed by atoms with Crippen molar-refractivity contribution < 1.29 is 4.79 Å². The number of hydrogen-bond acceptors (Lipinski definition) is 3. The predicted molar refractivity (Wildman–Crippen MR) is 93.9 cm³/mol. The second-order valence-corrected chi connectivity index (χ2v) is 7.09. The molecule has 0 aliphatic carbocycles. The van der Waals surface area contributed by atoms with Gasteiger partial charge in [0.2, 0.25) is 0 Å². The van der Waals surface area contributed by atoms with Crippen LogP contribution in [-0.2, 0) is 0 Å². The molecule has 0 spiro atoms. The zero-order valence-electron chi connectivity index (χ0n) is 12.0. The number of hydrogen-bond donors (Lipinski definition) is 0. The van der Waals surface area contributed by atoms with Crippen LogP contribution in [0.5, 0.6) is 0 Å². The second kappa shape index (κ2) is 6.84. The maximum Gasteiger partial charge on any atom is 0.255 e. The van der Waals surface area contributed by atoms with Crippen molar-refractivity contribution in [2.75, 3.05) is 12.3 Å². The topological polar surface area (TPSA) is 44.1 Å². The van der Waals surface area contributed by atoms with Gasteiger partial charge in [0, 0.05) is 17.9 Å². The van der Waals surface area contributed by atoms with Gasteiger partial charge in [0.15, 0.2) is 0 Å². The van der Waals surface area contributed by atoms with E-state index in [1.807, 2.05) is 6.07 Å². The van der Waals surface area contributed by atoms with Crippen LogP contribution in [-0.4, -0.2) is 23.1 Å². The average molecular weight is 363 g/mol. The summed E-state index contributed by atoms with van der Waals surface area (Å²) >= 11 is 13.8. The molecule has 0 bridgehead atoms. The fourth-order valence-corrected chi connectivity index (χ4v) is 4.06. The molecule has 6 heteroatoms. The van der Waals surface area contributed by atoms with Gasteiger partial charge in [0.05, 0.1) is 21.7 Å². The molecule has 0 saturated carbocycles. The zero-order valence-corrected chi connectivity index (χ0v) is 14.3. The summed E-state index contributed by atoms with van der Waals surface area (Å²) < 4.78 is 0. The van der Waals surface area contributed by atoms with Crippen molar-refractivity contribution in [3.05, 3.63) is 69.2 Å². The third-order valence-electron chi connectivity index (χ3n) is 3.62. The van der Waals surface area contributed by atoms with Crippen LogP contribution in [0.1, 0.15) is 26.9 Å². The molecule has 1 saturated heterocycles. The van der Waals surface area contributed by atoms with Crippen LogP contribution in [0.15, 0.2) is 42.5 Å². The molecule has 1 heterocycles. The monoisotopic (exact) mass is 362 g/mol. The molecule has 23 heavy (non-hydrogen) atoms. The molecule has 3 rings (SSSR count). The summed E-state index contributed by atoms with van der Waals surface area (Å²) in [5.74, 6) is 0.775. The Hall–Kier alpha value is -1.67. The van der Waals surface area contributed by atoms with E-state index >= 15 is 0 Å².